The van der Waals surface area contributed by atoms with Crippen molar-refractivity contribution >= 4 is 11.8 Å². The van der Waals surface area contributed by atoms with E-state index in [-0.39, 0.29) is 18.0 Å². The molecule has 0 aromatic heterocycles. The Hall–Kier alpha value is -3.02. The van der Waals surface area contributed by atoms with E-state index in [4.69, 9.17) is 18.9 Å². The minimum Gasteiger partial charge on any atom is -0.493 e. The van der Waals surface area contributed by atoms with Gasteiger partial charge >= 0.3 is 5.97 Å². The fraction of sp³-hybridized carbons (Fsp3) is 0.300. The maximum absolute atomic E-state index is 12.4. The van der Waals surface area contributed by atoms with Gasteiger partial charge in [0.05, 0.1) is 26.9 Å². The number of hydrogen-bond donors (Lipinski definition) is 0. The second kappa shape index (κ2) is 8.38. The fourth-order valence-electron chi connectivity index (χ4n) is 2.53. The van der Waals surface area contributed by atoms with E-state index < -0.39 is 5.97 Å². The Bertz CT molecular complexity index is 800. The molecule has 2 aromatic rings. The van der Waals surface area contributed by atoms with Gasteiger partial charge in [-0.3, -0.25) is 4.79 Å². The molecule has 0 spiro atoms. The third-order valence-electron chi connectivity index (χ3n) is 3.93. The van der Waals surface area contributed by atoms with Crippen LogP contribution in [0.15, 0.2) is 30.3 Å². The molecule has 0 aliphatic rings. The molecule has 138 valence electrons. The van der Waals surface area contributed by atoms with Gasteiger partial charge in [-0.1, -0.05) is 17.7 Å². The van der Waals surface area contributed by atoms with Gasteiger partial charge < -0.3 is 18.9 Å². The standard InChI is InChI=1S/C20H22O6/c1-12-6-7-13(2)15(8-12)16(21)11-26-20(22)14-9-17(23-3)19(25-5)18(10-14)24-4/h6-10H,11H2,1-5H3. The summed E-state index contributed by atoms with van der Waals surface area (Å²) in [6.07, 6.45) is 0. The topological polar surface area (TPSA) is 71.1 Å². The molecule has 6 heteroatoms. The van der Waals surface area contributed by atoms with Crippen LogP contribution in [-0.2, 0) is 4.74 Å². The Morgan fingerprint density at radius 1 is 0.885 bits per heavy atom. The number of carbonyl (C=O) groups is 2. The molecule has 2 aromatic carbocycles. The third kappa shape index (κ3) is 4.14. The molecule has 0 unspecified atom stereocenters. The van der Waals surface area contributed by atoms with Crippen molar-refractivity contribution < 1.29 is 28.5 Å². The van der Waals surface area contributed by atoms with Crippen LogP contribution in [0.3, 0.4) is 0 Å². The van der Waals surface area contributed by atoms with Crippen molar-refractivity contribution in [2.45, 2.75) is 13.8 Å². The molecule has 0 aliphatic heterocycles. The lowest BCUT2D eigenvalue weighted by Gasteiger charge is -2.14. The number of carbonyl (C=O) groups excluding carboxylic acids is 2. The van der Waals surface area contributed by atoms with E-state index in [1.807, 2.05) is 26.0 Å². The number of rotatable bonds is 7. The first-order valence-corrected chi connectivity index (χ1v) is 7.98. The summed E-state index contributed by atoms with van der Waals surface area (Å²) in [5.41, 5.74) is 2.55. The molecule has 0 heterocycles. The van der Waals surface area contributed by atoms with Gasteiger partial charge in [-0.05, 0) is 37.6 Å². The quantitative estimate of drug-likeness (QED) is 0.558. The number of Topliss-reactive ketones (excluding diaryl/α,β-unsaturated/α-hetero) is 1. The van der Waals surface area contributed by atoms with E-state index in [0.717, 1.165) is 11.1 Å². The number of ether oxygens (including phenoxy) is 4. The maximum atomic E-state index is 12.4. The molecule has 0 amide bonds. The first-order chi connectivity index (χ1) is 12.4. The first-order valence-electron chi connectivity index (χ1n) is 7.98. The summed E-state index contributed by atoms with van der Waals surface area (Å²) in [5.74, 6) is 0.132. The van der Waals surface area contributed by atoms with Crippen molar-refractivity contribution in [2.75, 3.05) is 27.9 Å². The zero-order chi connectivity index (χ0) is 19.3. The molecule has 0 atom stereocenters. The van der Waals surface area contributed by atoms with Crippen molar-refractivity contribution in [3.8, 4) is 17.2 Å². The number of esters is 1. The zero-order valence-electron chi connectivity index (χ0n) is 15.5. The predicted octanol–water partition coefficient (Wildman–Crippen LogP) is 3.37. The molecule has 6 nitrogen and oxygen atoms in total. The van der Waals surface area contributed by atoms with Gasteiger partial charge in [0.25, 0.3) is 0 Å². The Kier molecular flexibility index (Phi) is 6.22. The van der Waals surface area contributed by atoms with Crippen LogP contribution in [-0.4, -0.2) is 39.7 Å². The molecule has 0 fully saturated rings. The summed E-state index contributed by atoms with van der Waals surface area (Å²) in [6, 6.07) is 8.53. The summed E-state index contributed by atoms with van der Waals surface area (Å²) < 4.78 is 20.8. The predicted molar refractivity (Wildman–Crippen MR) is 96.6 cm³/mol. The van der Waals surface area contributed by atoms with Crippen LogP contribution in [0.1, 0.15) is 31.8 Å². The van der Waals surface area contributed by atoms with Crippen LogP contribution in [0, 0.1) is 13.8 Å². The molecule has 0 saturated carbocycles. The van der Waals surface area contributed by atoms with Crippen LogP contribution in [0.4, 0.5) is 0 Å². The lowest BCUT2D eigenvalue weighted by atomic mass is 10.0. The van der Waals surface area contributed by atoms with Crippen molar-refractivity contribution in [1.82, 2.24) is 0 Å². The van der Waals surface area contributed by atoms with E-state index in [2.05, 4.69) is 0 Å². The Morgan fingerprint density at radius 2 is 1.50 bits per heavy atom. The molecular weight excluding hydrogens is 336 g/mol. The van der Waals surface area contributed by atoms with Gasteiger partial charge in [0.2, 0.25) is 11.5 Å². The van der Waals surface area contributed by atoms with Gasteiger partial charge in [0.1, 0.15) is 0 Å². The number of benzene rings is 2. The van der Waals surface area contributed by atoms with Crippen molar-refractivity contribution in [2.24, 2.45) is 0 Å². The van der Waals surface area contributed by atoms with E-state index in [9.17, 15) is 9.59 Å². The summed E-state index contributed by atoms with van der Waals surface area (Å²) in [5, 5.41) is 0. The summed E-state index contributed by atoms with van der Waals surface area (Å²) in [4.78, 5) is 24.7. The minimum atomic E-state index is -0.650. The van der Waals surface area contributed by atoms with Crippen LogP contribution >= 0.6 is 0 Å². The fourth-order valence-corrected chi connectivity index (χ4v) is 2.53. The molecule has 2 rings (SSSR count). The molecule has 0 N–H and O–H groups in total. The second-order valence-electron chi connectivity index (χ2n) is 5.73. The molecule has 26 heavy (non-hydrogen) atoms. The molecular formula is C20H22O6. The van der Waals surface area contributed by atoms with Crippen LogP contribution in [0.25, 0.3) is 0 Å². The van der Waals surface area contributed by atoms with E-state index in [1.165, 1.54) is 33.5 Å². The van der Waals surface area contributed by atoms with Crippen LogP contribution in [0.5, 0.6) is 17.2 Å². The largest absolute Gasteiger partial charge is 0.493 e. The summed E-state index contributed by atoms with van der Waals surface area (Å²) >= 11 is 0. The van der Waals surface area contributed by atoms with Gasteiger partial charge in [0, 0.05) is 5.56 Å². The molecule has 0 bridgehead atoms. The van der Waals surface area contributed by atoms with Crippen molar-refractivity contribution in [3.63, 3.8) is 0 Å². The van der Waals surface area contributed by atoms with Gasteiger partial charge in [0.15, 0.2) is 18.1 Å². The third-order valence-corrected chi connectivity index (χ3v) is 3.93. The van der Waals surface area contributed by atoms with Crippen LogP contribution in [0.2, 0.25) is 0 Å². The SMILES string of the molecule is COc1cc(C(=O)OCC(=O)c2cc(C)ccc2C)cc(OC)c1OC. The minimum absolute atomic E-state index is 0.202. The summed E-state index contributed by atoms with van der Waals surface area (Å²) in [7, 11) is 4.38. The number of ketones is 1. The van der Waals surface area contributed by atoms with E-state index in [1.54, 1.807) is 6.07 Å². The average Bonchev–Trinajstić information content (AvgIpc) is 2.66. The van der Waals surface area contributed by atoms with Gasteiger partial charge in [-0.15, -0.1) is 0 Å². The Balaban J connectivity index is 2.17. The lowest BCUT2D eigenvalue weighted by Crippen LogP contribution is -2.15. The van der Waals surface area contributed by atoms with Gasteiger partial charge in [-0.25, -0.2) is 4.79 Å². The highest BCUT2D eigenvalue weighted by atomic mass is 16.5. The van der Waals surface area contributed by atoms with E-state index >= 15 is 0 Å². The zero-order valence-corrected chi connectivity index (χ0v) is 15.5. The second-order valence-corrected chi connectivity index (χ2v) is 5.73. The van der Waals surface area contributed by atoms with Crippen molar-refractivity contribution in [1.29, 1.82) is 0 Å². The highest BCUT2D eigenvalue weighted by molar-refractivity contribution is 6.00. The normalized spacial score (nSPS) is 10.2. The summed E-state index contributed by atoms with van der Waals surface area (Å²) in [6.45, 7) is 3.39. The van der Waals surface area contributed by atoms with E-state index in [0.29, 0.717) is 22.8 Å². The molecule has 0 aliphatic carbocycles. The number of hydrogen-bond acceptors (Lipinski definition) is 6. The molecule has 0 radical (unpaired) electrons. The lowest BCUT2D eigenvalue weighted by molar-refractivity contribution is 0.0474. The number of aryl methyl sites for hydroxylation is 2. The van der Waals surface area contributed by atoms with Gasteiger partial charge in [-0.2, -0.15) is 0 Å². The van der Waals surface area contributed by atoms with Crippen molar-refractivity contribution in [3.05, 3.63) is 52.6 Å². The van der Waals surface area contributed by atoms with Crippen LogP contribution < -0.4 is 14.2 Å². The smallest absolute Gasteiger partial charge is 0.338 e. The monoisotopic (exact) mass is 358 g/mol. The maximum Gasteiger partial charge on any atom is 0.338 e. The highest BCUT2D eigenvalue weighted by Crippen LogP contribution is 2.38. The Labute approximate surface area is 152 Å². The first kappa shape index (κ1) is 19.3. The molecule has 0 saturated heterocycles. The average molecular weight is 358 g/mol. The highest BCUT2D eigenvalue weighted by Gasteiger charge is 2.19. The number of methoxy groups -OCH3 is 3. The Morgan fingerprint density at radius 3 is 2.04 bits per heavy atom.